The third-order valence-corrected chi connectivity index (χ3v) is 4.13. The van der Waals surface area contributed by atoms with E-state index in [1.54, 1.807) is 25.1 Å². The zero-order valence-corrected chi connectivity index (χ0v) is 15.7. The van der Waals surface area contributed by atoms with E-state index in [0.29, 0.717) is 5.56 Å². The number of hydrogen-bond acceptors (Lipinski definition) is 3. The predicted molar refractivity (Wildman–Crippen MR) is 98.3 cm³/mol. The van der Waals surface area contributed by atoms with Gasteiger partial charge in [-0.15, -0.1) is 0 Å². The Morgan fingerprint density at radius 3 is 2.29 bits per heavy atom. The zero-order valence-electron chi connectivity index (χ0n) is 14.1. The molecule has 4 nitrogen and oxygen atoms in total. The van der Waals surface area contributed by atoms with E-state index in [4.69, 9.17) is 4.74 Å². The maximum Gasteiger partial charge on any atom is 0.338 e. The molecule has 0 saturated heterocycles. The maximum atomic E-state index is 12.3. The van der Waals surface area contributed by atoms with Crippen molar-refractivity contribution in [2.75, 3.05) is 5.32 Å². The van der Waals surface area contributed by atoms with Crippen LogP contribution < -0.4 is 5.32 Å². The highest BCUT2D eigenvalue weighted by Crippen LogP contribution is 2.22. The van der Waals surface area contributed by atoms with Gasteiger partial charge < -0.3 is 10.1 Å². The number of nitrogens with one attached hydrogen (secondary N) is 1. The smallest absolute Gasteiger partial charge is 0.338 e. The van der Waals surface area contributed by atoms with E-state index in [1.165, 1.54) is 0 Å². The Balaban J connectivity index is 2.06. The molecule has 0 spiro atoms. The van der Waals surface area contributed by atoms with Gasteiger partial charge in [0, 0.05) is 10.2 Å². The summed E-state index contributed by atoms with van der Waals surface area (Å²) in [5, 5.41) is 2.85. The molecule has 1 N–H and O–H groups in total. The van der Waals surface area contributed by atoms with Crippen molar-refractivity contribution in [3.8, 4) is 0 Å². The molecule has 0 bridgehead atoms. The van der Waals surface area contributed by atoms with Gasteiger partial charge >= 0.3 is 5.97 Å². The first-order chi connectivity index (χ1) is 11.3. The minimum Gasteiger partial charge on any atom is -0.449 e. The lowest BCUT2D eigenvalue weighted by Gasteiger charge is -2.17. The van der Waals surface area contributed by atoms with Gasteiger partial charge in [0.2, 0.25) is 0 Å². The highest BCUT2D eigenvalue weighted by atomic mass is 79.9. The van der Waals surface area contributed by atoms with Crippen LogP contribution in [-0.2, 0) is 9.53 Å². The van der Waals surface area contributed by atoms with Crippen LogP contribution in [0.3, 0.4) is 0 Å². The average Bonchev–Trinajstić information content (AvgIpc) is 2.50. The van der Waals surface area contributed by atoms with Crippen molar-refractivity contribution in [2.45, 2.75) is 33.8 Å². The number of aryl methyl sites for hydroxylation is 3. The van der Waals surface area contributed by atoms with Crippen LogP contribution in [0.1, 0.15) is 34.0 Å². The highest BCUT2D eigenvalue weighted by Gasteiger charge is 2.20. The monoisotopic (exact) mass is 389 g/mol. The van der Waals surface area contributed by atoms with Crippen LogP contribution >= 0.6 is 15.9 Å². The summed E-state index contributed by atoms with van der Waals surface area (Å²) >= 11 is 3.30. The number of carbonyl (C=O) groups excluding carboxylic acids is 2. The van der Waals surface area contributed by atoms with Crippen LogP contribution in [0.4, 0.5) is 5.69 Å². The van der Waals surface area contributed by atoms with E-state index >= 15 is 0 Å². The average molecular weight is 390 g/mol. The standard InChI is InChI=1S/C19H20BrNO3/c1-11-8-12(2)17(13(3)9-11)21-18(22)14(4)24-19(23)15-6-5-7-16(20)10-15/h5-10,14H,1-4H3,(H,21,22). The van der Waals surface area contributed by atoms with Crippen molar-refractivity contribution in [1.29, 1.82) is 0 Å². The number of carbonyl (C=O) groups is 2. The summed E-state index contributed by atoms with van der Waals surface area (Å²) in [4.78, 5) is 24.5. The van der Waals surface area contributed by atoms with Crippen molar-refractivity contribution in [3.63, 3.8) is 0 Å². The fourth-order valence-corrected chi connectivity index (χ4v) is 2.90. The van der Waals surface area contributed by atoms with Crippen LogP contribution in [-0.4, -0.2) is 18.0 Å². The van der Waals surface area contributed by atoms with Gasteiger partial charge in [0.05, 0.1) is 5.56 Å². The molecule has 126 valence electrons. The van der Waals surface area contributed by atoms with Gasteiger partial charge in [0.15, 0.2) is 6.10 Å². The first-order valence-corrected chi connectivity index (χ1v) is 8.42. The molecular formula is C19H20BrNO3. The number of rotatable bonds is 4. The van der Waals surface area contributed by atoms with Gasteiger partial charge in [-0.05, 0) is 57.0 Å². The Bertz CT molecular complexity index is 763. The summed E-state index contributed by atoms with van der Waals surface area (Å²) in [7, 11) is 0. The van der Waals surface area contributed by atoms with Crippen molar-refractivity contribution in [2.24, 2.45) is 0 Å². The first-order valence-electron chi connectivity index (χ1n) is 7.63. The summed E-state index contributed by atoms with van der Waals surface area (Å²) in [5.41, 5.74) is 4.25. The van der Waals surface area contributed by atoms with Gasteiger partial charge in [0.25, 0.3) is 5.91 Å². The Morgan fingerprint density at radius 1 is 1.08 bits per heavy atom. The molecule has 2 rings (SSSR count). The van der Waals surface area contributed by atoms with Gasteiger partial charge in [0.1, 0.15) is 0 Å². The van der Waals surface area contributed by atoms with Gasteiger partial charge in [-0.2, -0.15) is 0 Å². The maximum absolute atomic E-state index is 12.3. The molecule has 1 atom stereocenters. The second kappa shape index (κ2) is 7.62. The van der Waals surface area contributed by atoms with Crippen molar-refractivity contribution < 1.29 is 14.3 Å². The molecule has 1 amide bonds. The molecule has 0 heterocycles. The lowest BCUT2D eigenvalue weighted by atomic mass is 10.0. The number of amides is 1. The third-order valence-electron chi connectivity index (χ3n) is 3.64. The number of anilines is 1. The lowest BCUT2D eigenvalue weighted by Crippen LogP contribution is -2.30. The second-order valence-electron chi connectivity index (χ2n) is 5.82. The predicted octanol–water partition coefficient (Wildman–Crippen LogP) is 4.56. The summed E-state index contributed by atoms with van der Waals surface area (Å²) in [5.74, 6) is -0.885. The number of ether oxygens (including phenoxy) is 1. The minimum absolute atomic E-state index is 0.353. The lowest BCUT2D eigenvalue weighted by molar-refractivity contribution is -0.123. The molecule has 1 unspecified atom stereocenters. The quantitative estimate of drug-likeness (QED) is 0.779. The zero-order chi connectivity index (χ0) is 17.9. The minimum atomic E-state index is -0.892. The summed E-state index contributed by atoms with van der Waals surface area (Å²) in [6.07, 6.45) is -0.892. The normalized spacial score (nSPS) is 11.7. The number of benzene rings is 2. The number of hydrogen-bond donors (Lipinski definition) is 1. The van der Waals surface area contributed by atoms with Crippen LogP contribution in [0.25, 0.3) is 0 Å². The van der Waals surface area contributed by atoms with Crippen LogP contribution in [0, 0.1) is 20.8 Å². The molecule has 2 aromatic carbocycles. The van der Waals surface area contributed by atoms with E-state index < -0.39 is 12.1 Å². The summed E-state index contributed by atoms with van der Waals surface area (Å²) in [6.45, 7) is 7.44. The molecule has 2 aromatic rings. The Kier molecular flexibility index (Phi) is 5.78. The SMILES string of the molecule is Cc1cc(C)c(NC(=O)C(C)OC(=O)c2cccc(Br)c2)c(C)c1. The number of halogens is 1. The molecule has 0 aliphatic rings. The van der Waals surface area contributed by atoms with Crippen molar-refractivity contribution in [3.05, 3.63) is 63.1 Å². The van der Waals surface area contributed by atoms with Gasteiger partial charge in [-0.1, -0.05) is 39.7 Å². The largest absolute Gasteiger partial charge is 0.449 e. The van der Waals surface area contributed by atoms with Gasteiger partial charge in [-0.3, -0.25) is 4.79 Å². The Hall–Kier alpha value is -2.14. The molecule has 0 aliphatic heterocycles. The molecule has 0 saturated carbocycles. The number of esters is 1. The summed E-state index contributed by atoms with van der Waals surface area (Å²) < 4.78 is 6.03. The van der Waals surface area contributed by atoms with E-state index in [-0.39, 0.29) is 5.91 Å². The Morgan fingerprint density at radius 2 is 1.71 bits per heavy atom. The summed E-state index contributed by atoms with van der Waals surface area (Å²) in [6, 6.07) is 10.9. The second-order valence-corrected chi connectivity index (χ2v) is 6.74. The Labute approximate surface area is 150 Å². The van der Waals surface area contributed by atoms with Crippen molar-refractivity contribution >= 4 is 33.5 Å². The van der Waals surface area contributed by atoms with E-state index in [2.05, 4.69) is 21.2 Å². The topological polar surface area (TPSA) is 55.4 Å². The van der Waals surface area contributed by atoms with Crippen LogP contribution in [0.5, 0.6) is 0 Å². The molecule has 0 fully saturated rings. The molecule has 5 heteroatoms. The van der Waals surface area contributed by atoms with Crippen molar-refractivity contribution in [1.82, 2.24) is 0 Å². The fourth-order valence-electron chi connectivity index (χ4n) is 2.50. The molecular weight excluding hydrogens is 370 g/mol. The van der Waals surface area contributed by atoms with Gasteiger partial charge in [-0.25, -0.2) is 4.79 Å². The third kappa shape index (κ3) is 4.45. The molecule has 0 radical (unpaired) electrons. The highest BCUT2D eigenvalue weighted by molar-refractivity contribution is 9.10. The fraction of sp³-hybridized carbons (Fsp3) is 0.263. The molecule has 0 aliphatic carbocycles. The molecule has 24 heavy (non-hydrogen) atoms. The molecule has 0 aromatic heterocycles. The first kappa shape index (κ1) is 18.2. The van der Waals surface area contributed by atoms with E-state index in [9.17, 15) is 9.59 Å². The van der Waals surface area contributed by atoms with E-state index in [0.717, 1.165) is 26.9 Å². The van der Waals surface area contributed by atoms with Crippen LogP contribution in [0.2, 0.25) is 0 Å². The van der Waals surface area contributed by atoms with E-state index in [1.807, 2.05) is 39.0 Å². The van der Waals surface area contributed by atoms with Crippen LogP contribution in [0.15, 0.2) is 40.9 Å².